The van der Waals surface area contributed by atoms with E-state index in [0.717, 1.165) is 17.0 Å². The molecule has 1 amide bonds. The standard InChI is InChI=1S/C20H27N3O4/c1-6-25-17-10-15(11-18(26-7-2)19(17)27-8-3)20(24)23-21-12-16-9-13(4)22-14(16)5/h9-12,22H,6-8H2,1-5H3,(H,23,24)/b21-12+. The van der Waals surface area contributed by atoms with Crippen LogP contribution in [0.15, 0.2) is 23.3 Å². The van der Waals surface area contributed by atoms with Gasteiger partial charge in [-0.3, -0.25) is 4.79 Å². The second-order valence-electron chi connectivity index (χ2n) is 5.83. The molecule has 0 aliphatic rings. The van der Waals surface area contributed by atoms with Gasteiger partial charge in [0, 0.05) is 22.5 Å². The number of carbonyl (C=O) groups excluding carboxylic acids is 1. The summed E-state index contributed by atoms with van der Waals surface area (Å²) in [6.07, 6.45) is 1.61. The van der Waals surface area contributed by atoms with Gasteiger partial charge in [0.25, 0.3) is 5.91 Å². The number of aromatic nitrogens is 1. The molecule has 0 saturated carbocycles. The van der Waals surface area contributed by atoms with Gasteiger partial charge in [0.2, 0.25) is 5.75 Å². The summed E-state index contributed by atoms with van der Waals surface area (Å²) in [7, 11) is 0. The van der Waals surface area contributed by atoms with Crippen LogP contribution in [-0.2, 0) is 0 Å². The van der Waals surface area contributed by atoms with Crippen molar-refractivity contribution >= 4 is 12.1 Å². The highest BCUT2D eigenvalue weighted by atomic mass is 16.5. The number of nitrogens with zero attached hydrogens (tertiary/aromatic N) is 1. The van der Waals surface area contributed by atoms with E-state index in [1.54, 1.807) is 18.3 Å². The highest BCUT2D eigenvalue weighted by Gasteiger charge is 2.18. The number of carbonyl (C=O) groups is 1. The zero-order chi connectivity index (χ0) is 19.8. The van der Waals surface area contributed by atoms with Gasteiger partial charge in [-0.05, 0) is 52.8 Å². The Hall–Kier alpha value is -2.96. The molecule has 0 saturated heterocycles. The van der Waals surface area contributed by atoms with Gasteiger partial charge in [-0.15, -0.1) is 0 Å². The molecule has 0 aliphatic heterocycles. The number of hydrogen-bond donors (Lipinski definition) is 2. The lowest BCUT2D eigenvalue weighted by Crippen LogP contribution is -2.18. The van der Waals surface area contributed by atoms with E-state index in [-0.39, 0.29) is 5.91 Å². The topological polar surface area (TPSA) is 84.9 Å². The Morgan fingerprint density at radius 1 is 1.04 bits per heavy atom. The Labute approximate surface area is 159 Å². The Morgan fingerprint density at radius 3 is 2.11 bits per heavy atom. The van der Waals surface area contributed by atoms with Gasteiger partial charge in [0.15, 0.2) is 11.5 Å². The van der Waals surface area contributed by atoms with E-state index in [1.807, 2.05) is 40.7 Å². The van der Waals surface area contributed by atoms with Crippen LogP contribution in [0.5, 0.6) is 17.2 Å². The number of ether oxygens (including phenoxy) is 3. The van der Waals surface area contributed by atoms with Crippen LogP contribution < -0.4 is 19.6 Å². The molecule has 0 spiro atoms. The molecule has 7 heteroatoms. The van der Waals surface area contributed by atoms with E-state index in [4.69, 9.17) is 14.2 Å². The van der Waals surface area contributed by atoms with Gasteiger partial charge in [-0.1, -0.05) is 0 Å². The maximum Gasteiger partial charge on any atom is 0.271 e. The SMILES string of the molecule is CCOc1cc(C(=O)N/N=C/c2cc(C)[nH]c2C)cc(OCC)c1OCC. The molecule has 0 bridgehead atoms. The molecule has 2 rings (SSSR count). The van der Waals surface area contributed by atoms with Gasteiger partial charge in [-0.2, -0.15) is 5.10 Å². The lowest BCUT2D eigenvalue weighted by molar-refractivity contribution is 0.0954. The molecule has 2 N–H and O–H groups in total. The number of hydrogen-bond acceptors (Lipinski definition) is 5. The zero-order valence-corrected chi connectivity index (χ0v) is 16.5. The predicted octanol–water partition coefficient (Wildman–Crippen LogP) is 3.59. The largest absolute Gasteiger partial charge is 0.490 e. The molecule has 0 atom stereocenters. The van der Waals surface area contributed by atoms with Crippen molar-refractivity contribution in [2.24, 2.45) is 5.10 Å². The van der Waals surface area contributed by atoms with E-state index in [1.165, 1.54) is 0 Å². The zero-order valence-electron chi connectivity index (χ0n) is 16.5. The third-order valence-corrected chi connectivity index (χ3v) is 3.73. The summed E-state index contributed by atoms with van der Waals surface area (Å²) in [6, 6.07) is 5.23. The van der Waals surface area contributed by atoms with Crippen molar-refractivity contribution in [2.75, 3.05) is 19.8 Å². The highest BCUT2D eigenvalue weighted by Crippen LogP contribution is 2.39. The molecule has 1 heterocycles. The van der Waals surface area contributed by atoms with Crippen molar-refractivity contribution < 1.29 is 19.0 Å². The fourth-order valence-electron chi connectivity index (χ4n) is 2.62. The van der Waals surface area contributed by atoms with E-state index in [0.29, 0.717) is 42.6 Å². The minimum Gasteiger partial charge on any atom is -0.490 e. The molecular formula is C20H27N3O4. The van der Waals surface area contributed by atoms with E-state index >= 15 is 0 Å². The number of H-pyrrole nitrogens is 1. The predicted molar refractivity (Wildman–Crippen MR) is 105 cm³/mol. The summed E-state index contributed by atoms with van der Waals surface area (Å²) in [6.45, 7) is 10.9. The number of rotatable bonds is 9. The molecule has 0 fully saturated rings. The summed E-state index contributed by atoms with van der Waals surface area (Å²) in [5.74, 6) is 1.08. The van der Waals surface area contributed by atoms with Crippen molar-refractivity contribution in [1.82, 2.24) is 10.4 Å². The Morgan fingerprint density at radius 2 is 1.63 bits per heavy atom. The fourth-order valence-corrected chi connectivity index (χ4v) is 2.62. The van der Waals surface area contributed by atoms with Gasteiger partial charge in [-0.25, -0.2) is 5.43 Å². The summed E-state index contributed by atoms with van der Waals surface area (Å²) < 4.78 is 16.9. The maximum absolute atomic E-state index is 12.5. The Bertz CT molecular complexity index is 785. The van der Waals surface area contributed by atoms with Crippen LogP contribution in [0, 0.1) is 13.8 Å². The van der Waals surface area contributed by atoms with Crippen molar-refractivity contribution in [3.05, 3.63) is 40.7 Å². The number of aromatic amines is 1. The number of aryl methyl sites for hydroxylation is 2. The second kappa shape index (κ2) is 9.66. The maximum atomic E-state index is 12.5. The number of nitrogens with one attached hydrogen (secondary N) is 2. The van der Waals surface area contributed by atoms with Crippen LogP contribution in [0.1, 0.15) is 48.1 Å². The van der Waals surface area contributed by atoms with Crippen LogP contribution in [-0.4, -0.2) is 36.9 Å². The highest BCUT2D eigenvalue weighted by molar-refractivity contribution is 5.96. The first-order valence-electron chi connectivity index (χ1n) is 9.06. The van der Waals surface area contributed by atoms with Crippen LogP contribution >= 0.6 is 0 Å². The van der Waals surface area contributed by atoms with Crippen LogP contribution in [0.2, 0.25) is 0 Å². The van der Waals surface area contributed by atoms with Crippen molar-refractivity contribution in [3.63, 3.8) is 0 Å². The molecular weight excluding hydrogens is 346 g/mol. The smallest absolute Gasteiger partial charge is 0.271 e. The number of benzene rings is 1. The second-order valence-corrected chi connectivity index (χ2v) is 5.83. The van der Waals surface area contributed by atoms with Crippen LogP contribution in [0.25, 0.3) is 0 Å². The lowest BCUT2D eigenvalue weighted by atomic mass is 10.1. The van der Waals surface area contributed by atoms with Gasteiger partial charge < -0.3 is 19.2 Å². The first-order chi connectivity index (χ1) is 13.0. The summed E-state index contributed by atoms with van der Waals surface area (Å²) >= 11 is 0. The summed E-state index contributed by atoms with van der Waals surface area (Å²) in [5, 5.41) is 4.04. The first kappa shape index (κ1) is 20.4. The summed E-state index contributed by atoms with van der Waals surface area (Å²) in [4.78, 5) is 15.7. The van der Waals surface area contributed by atoms with E-state index < -0.39 is 0 Å². The monoisotopic (exact) mass is 373 g/mol. The summed E-state index contributed by atoms with van der Waals surface area (Å²) in [5.41, 5.74) is 5.86. The van der Waals surface area contributed by atoms with Crippen LogP contribution in [0.4, 0.5) is 0 Å². The molecule has 7 nitrogen and oxygen atoms in total. The minimum atomic E-state index is -0.360. The van der Waals surface area contributed by atoms with Gasteiger partial charge in [0.05, 0.1) is 26.0 Å². The van der Waals surface area contributed by atoms with Gasteiger partial charge in [0.1, 0.15) is 0 Å². The Balaban J connectivity index is 2.24. The first-order valence-corrected chi connectivity index (χ1v) is 9.06. The van der Waals surface area contributed by atoms with Crippen molar-refractivity contribution in [3.8, 4) is 17.2 Å². The van der Waals surface area contributed by atoms with E-state index in [2.05, 4.69) is 15.5 Å². The third-order valence-electron chi connectivity index (χ3n) is 3.73. The minimum absolute atomic E-state index is 0.360. The molecule has 0 aliphatic carbocycles. The van der Waals surface area contributed by atoms with Crippen LogP contribution in [0.3, 0.4) is 0 Å². The van der Waals surface area contributed by atoms with Crippen molar-refractivity contribution in [1.29, 1.82) is 0 Å². The lowest BCUT2D eigenvalue weighted by Gasteiger charge is -2.16. The molecule has 1 aromatic carbocycles. The Kier molecular flexibility index (Phi) is 7.28. The average Bonchev–Trinajstić information content (AvgIpc) is 2.95. The molecule has 0 unspecified atom stereocenters. The van der Waals surface area contributed by atoms with E-state index in [9.17, 15) is 4.79 Å². The molecule has 146 valence electrons. The number of amides is 1. The van der Waals surface area contributed by atoms with Gasteiger partial charge >= 0.3 is 0 Å². The molecule has 1 aromatic heterocycles. The fraction of sp³-hybridized carbons (Fsp3) is 0.400. The quantitative estimate of drug-likeness (QED) is 0.520. The molecule has 2 aromatic rings. The third kappa shape index (κ3) is 5.26. The molecule has 27 heavy (non-hydrogen) atoms. The molecule has 0 radical (unpaired) electrons. The normalized spacial score (nSPS) is 10.9. The average molecular weight is 373 g/mol. The van der Waals surface area contributed by atoms with Crippen molar-refractivity contribution in [2.45, 2.75) is 34.6 Å². The number of hydrazone groups is 1.